The zero-order valence-corrected chi connectivity index (χ0v) is 22.0. The smallest absolute Gasteiger partial charge is 0.420 e. The second-order valence-electron chi connectivity index (χ2n) is 11.8. The fourth-order valence-electron chi connectivity index (χ4n) is 5.85. The van der Waals surface area contributed by atoms with E-state index in [0.717, 1.165) is 61.8 Å². The van der Waals surface area contributed by atoms with Crippen LogP contribution in [-0.2, 0) is 17.7 Å². The number of fused-ring (bicyclic) bond motifs is 2. The minimum atomic E-state index is -0.597. The van der Waals surface area contributed by atoms with Crippen molar-refractivity contribution in [3.05, 3.63) is 59.7 Å². The lowest BCUT2D eigenvalue weighted by Crippen LogP contribution is -2.48. The molecule has 0 aliphatic heterocycles. The maximum atomic E-state index is 13.4. The molecule has 2 N–H and O–H groups in total. The number of pyridine rings is 1. The Labute approximate surface area is 214 Å². The van der Waals surface area contributed by atoms with E-state index in [-0.39, 0.29) is 17.7 Å². The number of para-hydroxylation sites is 2. The van der Waals surface area contributed by atoms with Crippen LogP contribution in [0.5, 0.6) is 0 Å². The third kappa shape index (κ3) is 5.18. The maximum absolute atomic E-state index is 13.4. The fourth-order valence-corrected chi connectivity index (χ4v) is 5.85. The van der Waals surface area contributed by atoms with Crippen molar-refractivity contribution in [3.8, 4) is 0 Å². The first kappa shape index (κ1) is 24.9. The van der Waals surface area contributed by atoms with E-state index in [9.17, 15) is 4.79 Å². The Morgan fingerprint density at radius 2 is 1.92 bits per heavy atom. The van der Waals surface area contributed by atoms with Gasteiger partial charge in [-0.3, -0.25) is 9.88 Å². The van der Waals surface area contributed by atoms with Crippen LogP contribution in [0.25, 0.3) is 11.0 Å². The van der Waals surface area contributed by atoms with Gasteiger partial charge in [0.2, 0.25) is 0 Å². The van der Waals surface area contributed by atoms with Gasteiger partial charge in [0.25, 0.3) is 0 Å². The van der Waals surface area contributed by atoms with E-state index < -0.39 is 5.60 Å². The van der Waals surface area contributed by atoms with Gasteiger partial charge in [-0.25, -0.2) is 14.3 Å². The predicted octanol–water partition coefficient (Wildman–Crippen LogP) is 5.75. The molecular formula is C29H39N5O2. The molecule has 3 aromatic rings. The summed E-state index contributed by atoms with van der Waals surface area (Å²) >= 11 is 0. The van der Waals surface area contributed by atoms with Crippen molar-refractivity contribution in [2.75, 3.05) is 0 Å². The Bertz CT molecular complexity index is 1230. The summed E-state index contributed by atoms with van der Waals surface area (Å²) in [5.74, 6) is 0.717. The summed E-state index contributed by atoms with van der Waals surface area (Å²) in [6.45, 7) is 8.40. The minimum absolute atomic E-state index is 0.117. The molecule has 36 heavy (non-hydrogen) atoms. The molecule has 1 fully saturated rings. The molecule has 2 aliphatic rings. The van der Waals surface area contributed by atoms with Gasteiger partial charge >= 0.3 is 6.09 Å². The van der Waals surface area contributed by atoms with E-state index >= 15 is 0 Å². The highest BCUT2D eigenvalue weighted by Crippen LogP contribution is 2.39. The van der Waals surface area contributed by atoms with Crippen LogP contribution in [0.2, 0.25) is 0 Å². The number of imidazole rings is 1. The van der Waals surface area contributed by atoms with Crippen LogP contribution in [0.1, 0.15) is 89.3 Å². The highest BCUT2D eigenvalue weighted by molar-refractivity contribution is 5.87. The molecule has 7 nitrogen and oxygen atoms in total. The molecule has 0 bridgehead atoms. The summed E-state index contributed by atoms with van der Waals surface area (Å²) in [5, 5.41) is 0. The standard InChI is InChI=1S/C29H39N5O2/c1-28(2,3)36-27(35)34-23-12-6-5-11-22(23)32-25(34)19-33(21-14-16-29(4,30)17-15-21)24-13-7-9-20-10-8-18-31-26(20)24/h5-6,8,10-12,18,21,24H,7,9,13-17,19,30H2,1-4H3. The van der Waals surface area contributed by atoms with Crippen molar-refractivity contribution in [2.24, 2.45) is 5.73 Å². The molecule has 0 spiro atoms. The largest absolute Gasteiger partial charge is 0.443 e. The van der Waals surface area contributed by atoms with Gasteiger partial charge in [-0.2, -0.15) is 0 Å². The molecule has 2 aromatic heterocycles. The van der Waals surface area contributed by atoms with Crippen molar-refractivity contribution < 1.29 is 9.53 Å². The Morgan fingerprint density at radius 3 is 2.67 bits per heavy atom. The molecule has 5 rings (SSSR count). The van der Waals surface area contributed by atoms with Gasteiger partial charge in [0.1, 0.15) is 11.4 Å². The number of benzene rings is 1. The quantitative estimate of drug-likeness (QED) is 0.502. The number of aryl methyl sites for hydroxylation is 1. The van der Waals surface area contributed by atoms with Gasteiger partial charge in [0, 0.05) is 17.8 Å². The second-order valence-corrected chi connectivity index (χ2v) is 11.8. The average Bonchev–Trinajstić information content (AvgIpc) is 3.20. The molecule has 2 heterocycles. The molecule has 0 amide bonds. The van der Waals surface area contributed by atoms with Gasteiger partial charge in [0.15, 0.2) is 0 Å². The van der Waals surface area contributed by atoms with Crippen LogP contribution >= 0.6 is 0 Å². The van der Waals surface area contributed by atoms with E-state index in [2.05, 4.69) is 17.9 Å². The van der Waals surface area contributed by atoms with Gasteiger partial charge < -0.3 is 10.5 Å². The molecule has 1 saturated carbocycles. The number of nitrogens with zero attached hydrogens (tertiary/aromatic N) is 4. The Morgan fingerprint density at radius 1 is 1.17 bits per heavy atom. The molecule has 1 atom stereocenters. The normalized spacial score (nSPS) is 24.6. The number of aromatic nitrogens is 3. The van der Waals surface area contributed by atoms with E-state index in [0.29, 0.717) is 12.6 Å². The van der Waals surface area contributed by atoms with Crippen LogP contribution in [0.4, 0.5) is 4.79 Å². The third-order valence-electron chi connectivity index (χ3n) is 7.66. The van der Waals surface area contributed by atoms with Crippen LogP contribution in [0.3, 0.4) is 0 Å². The Balaban J connectivity index is 1.56. The summed E-state index contributed by atoms with van der Waals surface area (Å²) in [6, 6.07) is 12.6. The van der Waals surface area contributed by atoms with Crippen molar-refractivity contribution in [3.63, 3.8) is 0 Å². The third-order valence-corrected chi connectivity index (χ3v) is 7.66. The molecule has 192 valence electrons. The van der Waals surface area contributed by atoms with E-state index in [1.54, 1.807) is 4.57 Å². The lowest BCUT2D eigenvalue weighted by molar-refractivity contribution is 0.0490. The van der Waals surface area contributed by atoms with Crippen molar-refractivity contribution in [2.45, 2.75) is 102 Å². The SMILES string of the molecule is CC1(N)CCC(N(Cc2nc3ccccc3n2C(=O)OC(C)(C)C)C2CCCc3cccnc32)CC1. The first-order valence-corrected chi connectivity index (χ1v) is 13.3. The summed E-state index contributed by atoms with van der Waals surface area (Å²) in [6.07, 6.45) is 8.79. The second kappa shape index (κ2) is 9.60. The van der Waals surface area contributed by atoms with E-state index in [1.807, 2.05) is 57.3 Å². The molecule has 7 heteroatoms. The van der Waals surface area contributed by atoms with Gasteiger partial charge in [0.05, 0.1) is 29.3 Å². The van der Waals surface area contributed by atoms with Crippen LogP contribution in [0, 0.1) is 0 Å². The van der Waals surface area contributed by atoms with Crippen molar-refractivity contribution >= 4 is 17.1 Å². The van der Waals surface area contributed by atoms with Crippen LogP contribution < -0.4 is 5.73 Å². The number of carbonyl (C=O) groups excluding carboxylic acids is 1. The number of hydrogen-bond donors (Lipinski definition) is 1. The average molecular weight is 490 g/mol. The predicted molar refractivity (Wildman–Crippen MR) is 142 cm³/mol. The Kier molecular flexibility index (Phi) is 6.64. The van der Waals surface area contributed by atoms with Crippen LogP contribution in [-0.4, -0.2) is 42.7 Å². The van der Waals surface area contributed by atoms with Crippen molar-refractivity contribution in [1.29, 1.82) is 0 Å². The topological polar surface area (TPSA) is 86.3 Å². The number of nitrogens with two attached hydrogens (primary N) is 1. The zero-order chi connectivity index (χ0) is 25.5. The maximum Gasteiger partial charge on any atom is 0.420 e. The molecule has 2 aliphatic carbocycles. The summed E-state index contributed by atoms with van der Waals surface area (Å²) in [7, 11) is 0. The summed E-state index contributed by atoms with van der Waals surface area (Å²) in [5.41, 5.74) is 9.89. The van der Waals surface area contributed by atoms with Gasteiger partial charge in [-0.15, -0.1) is 0 Å². The summed E-state index contributed by atoms with van der Waals surface area (Å²) < 4.78 is 7.50. The van der Waals surface area contributed by atoms with Crippen molar-refractivity contribution in [1.82, 2.24) is 19.4 Å². The number of ether oxygens (including phenoxy) is 1. The van der Waals surface area contributed by atoms with Gasteiger partial charge in [-0.05, 0) is 96.4 Å². The minimum Gasteiger partial charge on any atom is -0.443 e. The molecule has 1 aromatic carbocycles. The first-order chi connectivity index (χ1) is 17.1. The highest BCUT2D eigenvalue weighted by atomic mass is 16.6. The fraction of sp³-hybridized carbons (Fsp3) is 0.552. The monoisotopic (exact) mass is 489 g/mol. The lowest BCUT2D eigenvalue weighted by atomic mass is 9.80. The lowest BCUT2D eigenvalue weighted by Gasteiger charge is -2.44. The molecule has 0 radical (unpaired) electrons. The Hall–Kier alpha value is -2.77. The van der Waals surface area contributed by atoms with E-state index in [1.165, 1.54) is 11.3 Å². The first-order valence-electron chi connectivity index (χ1n) is 13.3. The molecule has 1 unspecified atom stereocenters. The van der Waals surface area contributed by atoms with E-state index in [4.69, 9.17) is 20.4 Å². The molecule has 0 saturated heterocycles. The summed E-state index contributed by atoms with van der Waals surface area (Å²) in [4.78, 5) is 25.8. The number of carbonyl (C=O) groups is 1. The van der Waals surface area contributed by atoms with Crippen LogP contribution in [0.15, 0.2) is 42.6 Å². The molecular weight excluding hydrogens is 450 g/mol. The van der Waals surface area contributed by atoms with Gasteiger partial charge in [-0.1, -0.05) is 18.2 Å². The number of rotatable bonds is 4. The number of hydrogen-bond acceptors (Lipinski definition) is 6. The zero-order valence-electron chi connectivity index (χ0n) is 22.0. The highest BCUT2D eigenvalue weighted by Gasteiger charge is 2.37.